The van der Waals surface area contributed by atoms with Gasteiger partial charge in [-0.2, -0.15) is 0 Å². The van der Waals surface area contributed by atoms with E-state index in [4.69, 9.17) is 17.3 Å². The van der Waals surface area contributed by atoms with Crippen LogP contribution in [0, 0.1) is 12.2 Å². The Kier molecular flexibility index (Phi) is 3.91. The van der Waals surface area contributed by atoms with Crippen molar-refractivity contribution in [3.05, 3.63) is 41.0 Å². The molecule has 0 saturated carbocycles. The molecule has 2 N–H and O–H groups in total. The number of benzene rings is 1. The third-order valence-electron chi connectivity index (χ3n) is 1.94. The first-order chi connectivity index (χ1) is 7.02. The van der Waals surface area contributed by atoms with Gasteiger partial charge in [0.05, 0.1) is 5.02 Å². The van der Waals surface area contributed by atoms with Crippen molar-refractivity contribution in [3.8, 4) is 0 Å². The Balaban J connectivity index is 2.66. The first-order valence-electron chi connectivity index (χ1n) is 4.30. The molecule has 0 aliphatic heterocycles. The van der Waals surface area contributed by atoms with E-state index >= 15 is 0 Å². The molecule has 0 heterocycles. The number of urea groups is 1. The Morgan fingerprint density at radius 3 is 2.93 bits per heavy atom. The second-order valence-electron chi connectivity index (χ2n) is 3.07. The van der Waals surface area contributed by atoms with E-state index in [0.29, 0.717) is 5.56 Å². The number of carbonyl (C=O) groups is 1. The molecule has 0 unspecified atom stereocenters. The van der Waals surface area contributed by atoms with Crippen molar-refractivity contribution in [2.24, 2.45) is 5.73 Å². The van der Waals surface area contributed by atoms with E-state index in [9.17, 15) is 9.18 Å². The molecule has 2 amide bonds. The van der Waals surface area contributed by atoms with Crippen LogP contribution < -0.4 is 5.73 Å². The molecule has 5 heteroatoms. The lowest BCUT2D eigenvalue weighted by Crippen LogP contribution is -2.33. The summed E-state index contributed by atoms with van der Waals surface area (Å²) in [6.45, 7) is 0.243. The number of nitrogens with zero attached hydrogens (tertiary/aromatic N) is 1. The van der Waals surface area contributed by atoms with Crippen LogP contribution in [0.2, 0.25) is 5.02 Å². The lowest BCUT2D eigenvalue weighted by Gasteiger charge is -2.13. The SMILES string of the molecule is CN(C[CH]c1cccc(Cl)c1F)C(N)=O. The van der Waals surface area contributed by atoms with Crippen LogP contribution in [-0.2, 0) is 0 Å². The average molecular weight is 230 g/mol. The summed E-state index contributed by atoms with van der Waals surface area (Å²) in [5, 5.41) is 0.0606. The molecule has 0 spiro atoms. The van der Waals surface area contributed by atoms with Crippen molar-refractivity contribution in [1.82, 2.24) is 4.90 Å². The van der Waals surface area contributed by atoms with Crippen molar-refractivity contribution >= 4 is 17.6 Å². The highest BCUT2D eigenvalue weighted by Crippen LogP contribution is 2.19. The number of hydrogen-bond donors (Lipinski definition) is 1. The second kappa shape index (κ2) is 4.98. The molecule has 0 bridgehead atoms. The maximum absolute atomic E-state index is 13.4. The first-order valence-corrected chi connectivity index (χ1v) is 4.68. The third-order valence-corrected chi connectivity index (χ3v) is 2.23. The van der Waals surface area contributed by atoms with Gasteiger partial charge in [-0.3, -0.25) is 0 Å². The lowest BCUT2D eigenvalue weighted by molar-refractivity contribution is 0.222. The quantitative estimate of drug-likeness (QED) is 0.847. The second-order valence-corrected chi connectivity index (χ2v) is 3.47. The maximum atomic E-state index is 13.4. The van der Waals surface area contributed by atoms with Gasteiger partial charge in [0.2, 0.25) is 0 Å². The van der Waals surface area contributed by atoms with Gasteiger partial charge < -0.3 is 10.6 Å². The van der Waals surface area contributed by atoms with Crippen LogP contribution in [-0.4, -0.2) is 24.5 Å². The minimum atomic E-state index is -0.561. The maximum Gasteiger partial charge on any atom is 0.314 e. The van der Waals surface area contributed by atoms with Crippen molar-refractivity contribution in [1.29, 1.82) is 0 Å². The molecule has 0 aliphatic carbocycles. The van der Waals surface area contributed by atoms with Gasteiger partial charge in [0, 0.05) is 20.0 Å². The summed E-state index contributed by atoms with van der Waals surface area (Å²) >= 11 is 5.59. The standard InChI is InChI=1S/C10H11ClFN2O/c1-14(10(13)15)6-5-7-3-2-4-8(11)9(7)12/h2-5H,6H2,1H3,(H2,13,15). The number of nitrogens with two attached hydrogens (primary N) is 1. The molecule has 0 atom stereocenters. The van der Waals surface area contributed by atoms with Crippen LogP contribution in [0.4, 0.5) is 9.18 Å². The zero-order valence-electron chi connectivity index (χ0n) is 8.21. The summed E-state index contributed by atoms with van der Waals surface area (Å²) in [6.07, 6.45) is 1.55. The lowest BCUT2D eigenvalue weighted by atomic mass is 10.1. The number of hydrogen-bond acceptors (Lipinski definition) is 1. The molecule has 0 aliphatic rings. The Morgan fingerprint density at radius 1 is 1.67 bits per heavy atom. The summed E-state index contributed by atoms with van der Waals surface area (Å²) in [5.74, 6) is -0.489. The highest BCUT2D eigenvalue weighted by atomic mass is 35.5. The summed E-state index contributed by atoms with van der Waals surface area (Å²) < 4.78 is 13.4. The van der Waals surface area contributed by atoms with Crippen molar-refractivity contribution < 1.29 is 9.18 Å². The van der Waals surface area contributed by atoms with E-state index in [1.165, 1.54) is 18.0 Å². The highest BCUT2D eigenvalue weighted by Gasteiger charge is 2.08. The number of rotatable bonds is 3. The molecular formula is C10H11ClFN2O. The van der Waals surface area contributed by atoms with E-state index in [0.717, 1.165) is 0 Å². The van der Waals surface area contributed by atoms with Gasteiger partial charge in [0.1, 0.15) is 5.82 Å². The van der Waals surface area contributed by atoms with Crippen LogP contribution in [0.5, 0.6) is 0 Å². The predicted octanol–water partition coefficient (Wildman–Crippen LogP) is 2.04. The molecular weight excluding hydrogens is 219 g/mol. The third kappa shape index (κ3) is 3.09. The van der Waals surface area contributed by atoms with Crippen molar-refractivity contribution in [3.63, 3.8) is 0 Å². The van der Waals surface area contributed by atoms with Crippen LogP contribution in [0.15, 0.2) is 18.2 Å². The molecule has 1 radical (unpaired) electrons. The first kappa shape index (κ1) is 11.8. The zero-order chi connectivity index (χ0) is 11.4. The summed E-state index contributed by atoms with van der Waals surface area (Å²) in [6, 6.07) is 4.12. The minimum absolute atomic E-state index is 0.0606. The minimum Gasteiger partial charge on any atom is -0.351 e. The molecule has 1 aromatic carbocycles. The number of primary amides is 1. The van der Waals surface area contributed by atoms with Gasteiger partial charge in [-0.05, 0) is 11.6 Å². The monoisotopic (exact) mass is 229 g/mol. The van der Waals surface area contributed by atoms with Gasteiger partial charge in [-0.15, -0.1) is 0 Å². The fourth-order valence-corrected chi connectivity index (χ4v) is 1.19. The van der Waals surface area contributed by atoms with Crippen LogP contribution >= 0.6 is 11.6 Å². The van der Waals surface area contributed by atoms with Crippen molar-refractivity contribution in [2.45, 2.75) is 0 Å². The van der Waals surface area contributed by atoms with E-state index in [1.54, 1.807) is 18.6 Å². The summed E-state index contributed by atoms with van der Waals surface area (Å²) in [7, 11) is 1.53. The number of likely N-dealkylation sites (N-methyl/N-ethyl adjacent to an activating group) is 1. The Bertz CT molecular complexity index is 370. The normalized spacial score (nSPS) is 10.1. The van der Waals surface area contributed by atoms with Gasteiger partial charge in [0.15, 0.2) is 0 Å². The molecule has 0 aromatic heterocycles. The van der Waals surface area contributed by atoms with Crippen LogP contribution in [0.3, 0.4) is 0 Å². The van der Waals surface area contributed by atoms with Crippen LogP contribution in [0.25, 0.3) is 0 Å². The van der Waals surface area contributed by atoms with Gasteiger partial charge >= 0.3 is 6.03 Å². The number of halogens is 2. The van der Waals surface area contributed by atoms with Gasteiger partial charge in [-0.25, -0.2) is 9.18 Å². The van der Waals surface area contributed by atoms with E-state index in [-0.39, 0.29) is 11.6 Å². The van der Waals surface area contributed by atoms with Gasteiger partial charge in [-0.1, -0.05) is 23.7 Å². The highest BCUT2D eigenvalue weighted by molar-refractivity contribution is 6.30. The van der Waals surface area contributed by atoms with Crippen LogP contribution in [0.1, 0.15) is 5.56 Å². The Labute approximate surface area is 92.6 Å². The average Bonchev–Trinajstić information content (AvgIpc) is 2.19. The molecule has 1 aromatic rings. The molecule has 0 saturated heterocycles. The van der Waals surface area contributed by atoms with E-state index in [2.05, 4.69) is 0 Å². The number of amides is 2. The fraction of sp³-hybridized carbons (Fsp3) is 0.200. The molecule has 1 rings (SSSR count). The molecule has 0 fully saturated rings. The summed E-state index contributed by atoms with van der Waals surface area (Å²) in [4.78, 5) is 11.9. The zero-order valence-corrected chi connectivity index (χ0v) is 8.96. The van der Waals surface area contributed by atoms with Gasteiger partial charge in [0.25, 0.3) is 0 Å². The number of carbonyl (C=O) groups excluding carboxylic acids is 1. The van der Waals surface area contributed by atoms with Crippen molar-refractivity contribution in [2.75, 3.05) is 13.6 Å². The Hall–Kier alpha value is -1.29. The molecule has 3 nitrogen and oxygen atoms in total. The smallest absolute Gasteiger partial charge is 0.314 e. The molecule has 81 valence electrons. The fourth-order valence-electron chi connectivity index (χ4n) is 1.00. The van der Waals surface area contributed by atoms with E-state index in [1.807, 2.05) is 0 Å². The topological polar surface area (TPSA) is 46.3 Å². The molecule has 15 heavy (non-hydrogen) atoms. The Morgan fingerprint density at radius 2 is 2.33 bits per heavy atom. The largest absolute Gasteiger partial charge is 0.351 e. The predicted molar refractivity (Wildman–Crippen MR) is 57.0 cm³/mol. The van der Waals surface area contributed by atoms with E-state index < -0.39 is 11.8 Å². The summed E-state index contributed by atoms with van der Waals surface area (Å²) in [5.41, 5.74) is 5.37.